The Labute approximate surface area is 183 Å². The highest BCUT2D eigenvalue weighted by atomic mass is 19.4. The van der Waals surface area contributed by atoms with Crippen LogP contribution in [0.5, 0.6) is 0 Å². The zero-order chi connectivity index (χ0) is 23.0. The normalized spacial score (nSPS) is 19.2. The van der Waals surface area contributed by atoms with Gasteiger partial charge < -0.3 is 15.0 Å². The fourth-order valence-corrected chi connectivity index (χ4v) is 4.03. The van der Waals surface area contributed by atoms with E-state index in [1.54, 1.807) is 18.2 Å². The number of halogens is 4. The number of amides is 1. The summed E-state index contributed by atoms with van der Waals surface area (Å²) in [5.74, 6) is -0.658. The fourth-order valence-electron chi connectivity index (χ4n) is 4.03. The lowest BCUT2D eigenvalue weighted by atomic mass is 9.97. The molecule has 1 amide bonds. The number of morpholine rings is 1. The average Bonchev–Trinajstić information content (AvgIpc) is 3.56. The monoisotopic (exact) mass is 451 g/mol. The average molecular weight is 451 g/mol. The van der Waals surface area contributed by atoms with E-state index in [1.807, 2.05) is 13.8 Å². The third kappa shape index (κ3) is 5.03. The molecule has 1 aromatic carbocycles. The summed E-state index contributed by atoms with van der Waals surface area (Å²) >= 11 is 0. The van der Waals surface area contributed by atoms with Crippen LogP contribution < -0.4 is 10.2 Å². The Morgan fingerprint density at radius 3 is 2.50 bits per heavy atom. The number of aryl methyl sites for hydroxylation is 2. The van der Waals surface area contributed by atoms with Crippen LogP contribution in [0.15, 0.2) is 24.3 Å². The van der Waals surface area contributed by atoms with Crippen LogP contribution >= 0.6 is 0 Å². The van der Waals surface area contributed by atoms with Gasteiger partial charge in [-0.1, -0.05) is 0 Å². The van der Waals surface area contributed by atoms with E-state index in [1.165, 1.54) is 11.0 Å². The summed E-state index contributed by atoms with van der Waals surface area (Å²) in [6.45, 7) is 3.40. The highest BCUT2D eigenvalue weighted by Gasteiger charge is 2.43. The first-order chi connectivity index (χ1) is 15.1. The van der Waals surface area contributed by atoms with Gasteiger partial charge >= 0.3 is 6.18 Å². The van der Waals surface area contributed by atoms with E-state index in [2.05, 4.69) is 10.3 Å². The maximum atomic E-state index is 15.4. The van der Waals surface area contributed by atoms with Crippen LogP contribution in [0.25, 0.3) is 11.1 Å². The number of nitrogens with one attached hydrogen (secondary N) is 1. The van der Waals surface area contributed by atoms with Crippen molar-refractivity contribution in [2.45, 2.75) is 45.5 Å². The minimum Gasteiger partial charge on any atom is -0.366 e. The van der Waals surface area contributed by atoms with Gasteiger partial charge in [-0.05, 0) is 62.1 Å². The third-order valence-electron chi connectivity index (χ3n) is 5.72. The maximum absolute atomic E-state index is 15.4. The van der Waals surface area contributed by atoms with Crippen LogP contribution in [0.2, 0.25) is 0 Å². The molecule has 1 atom stereocenters. The first-order valence-electron chi connectivity index (χ1n) is 10.6. The number of anilines is 1. The molecule has 1 aliphatic heterocycles. The molecule has 2 fully saturated rings. The van der Waals surface area contributed by atoms with E-state index in [4.69, 9.17) is 4.74 Å². The molecule has 9 heteroatoms. The number of hydrogen-bond donors (Lipinski definition) is 1. The van der Waals surface area contributed by atoms with Gasteiger partial charge in [-0.3, -0.25) is 9.78 Å². The number of rotatable bonds is 5. The van der Waals surface area contributed by atoms with Crippen molar-refractivity contribution < 1.29 is 27.1 Å². The molecule has 32 heavy (non-hydrogen) atoms. The minimum atomic E-state index is -4.50. The molecule has 0 bridgehead atoms. The summed E-state index contributed by atoms with van der Waals surface area (Å²) in [5.41, 5.74) is 3.22. The Morgan fingerprint density at radius 2 is 1.88 bits per heavy atom. The predicted molar refractivity (Wildman–Crippen MR) is 112 cm³/mol. The highest BCUT2D eigenvalue weighted by molar-refractivity contribution is 5.81. The Bertz CT molecular complexity index is 1000. The molecular formula is C23H25F4N3O2. The van der Waals surface area contributed by atoms with E-state index >= 15 is 4.39 Å². The van der Waals surface area contributed by atoms with Gasteiger partial charge in [-0.25, -0.2) is 4.39 Å². The Balaban J connectivity index is 1.70. The van der Waals surface area contributed by atoms with Crippen molar-refractivity contribution in [1.82, 2.24) is 10.3 Å². The van der Waals surface area contributed by atoms with Crippen LogP contribution in [-0.2, 0) is 16.1 Å². The van der Waals surface area contributed by atoms with Gasteiger partial charge in [0.2, 0.25) is 5.91 Å². The Hall–Kier alpha value is -2.68. The molecule has 1 N–H and O–H groups in total. The molecule has 1 saturated carbocycles. The fraction of sp³-hybridized carbons (Fsp3) is 0.478. The van der Waals surface area contributed by atoms with E-state index in [0.29, 0.717) is 22.4 Å². The highest BCUT2D eigenvalue weighted by Crippen LogP contribution is 2.35. The number of ether oxygens (including phenoxy) is 1. The lowest BCUT2D eigenvalue weighted by molar-refractivity contribution is -0.221. The van der Waals surface area contributed by atoms with Gasteiger partial charge in [0, 0.05) is 41.6 Å². The van der Waals surface area contributed by atoms with Gasteiger partial charge in [-0.15, -0.1) is 0 Å². The zero-order valence-electron chi connectivity index (χ0n) is 17.9. The van der Waals surface area contributed by atoms with Crippen molar-refractivity contribution in [3.63, 3.8) is 0 Å². The van der Waals surface area contributed by atoms with Gasteiger partial charge in [0.15, 0.2) is 6.10 Å². The van der Waals surface area contributed by atoms with Crippen LogP contribution in [0, 0.1) is 25.6 Å². The Kier molecular flexibility index (Phi) is 6.11. The summed E-state index contributed by atoms with van der Waals surface area (Å²) in [6.07, 6.45) is -4.75. The molecule has 0 radical (unpaired) electrons. The van der Waals surface area contributed by atoms with Gasteiger partial charge in [0.05, 0.1) is 13.2 Å². The first-order valence-corrected chi connectivity index (χ1v) is 10.6. The van der Waals surface area contributed by atoms with Crippen molar-refractivity contribution in [2.75, 3.05) is 24.6 Å². The molecule has 5 nitrogen and oxygen atoms in total. The molecule has 2 aromatic rings. The maximum Gasteiger partial charge on any atom is 0.416 e. The number of hydrogen-bond acceptors (Lipinski definition) is 4. The van der Waals surface area contributed by atoms with E-state index in [-0.39, 0.29) is 31.5 Å². The van der Waals surface area contributed by atoms with Crippen LogP contribution in [-0.4, -0.2) is 42.9 Å². The zero-order valence-corrected chi connectivity index (χ0v) is 17.9. The predicted octanol–water partition coefficient (Wildman–Crippen LogP) is 4.30. The molecule has 1 aliphatic carbocycles. The largest absolute Gasteiger partial charge is 0.416 e. The van der Waals surface area contributed by atoms with E-state index in [0.717, 1.165) is 24.2 Å². The minimum absolute atomic E-state index is 0.0105. The standard InChI is InChI=1S/C23H25F4N3O2/c1-13-7-16(8-14(2)29-13)21-17(11-28-22(31)15-3-4-15)9-18(10-19(21)24)30-5-6-32-20(12-30)23(25,26)27/h7-10,15,20H,3-6,11-12H2,1-2H3,(H,28,31). The summed E-state index contributed by atoms with van der Waals surface area (Å²) in [7, 11) is 0. The quantitative estimate of drug-likeness (QED) is 0.689. The SMILES string of the molecule is Cc1cc(-c2c(F)cc(N3CCOC(C(F)(F)F)C3)cc2CNC(=O)C2CC2)cc(C)n1. The number of benzene rings is 1. The summed E-state index contributed by atoms with van der Waals surface area (Å²) in [6, 6.07) is 6.43. The smallest absolute Gasteiger partial charge is 0.366 e. The van der Waals surface area contributed by atoms with Crippen molar-refractivity contribution in [3.8, 4) is 11.1 Å². The Morgan fingerprint density at radius 1 is 1.19 bits per heavy atom. The number of aromatic nitrogens is 1. The lowest BCUT2D eigenvalue weighted by Gasteiger charge is -2.35. The summed E-state index contributed by atoms with van der Waals surface area (Å²) in [4.78, 5) is 18.0. The first kappa shape index (κ1) is 22.5. The number of pyridine rings is 1. The molecule has 1 unspecified atom stereocenters. The molecule has 172 valence electrons. The molecule has 1 saturated heterocycles. The molecule has 1 aromatic heterocycles. The number of carbonyl (C=O) groups excluding carboxylic acids is 1. The van der Waals surface area contributed by atoms with Gasteiger partial charge in [0.1, 0.15) is 5.82 Å². The second-order valence-electron chi connectivity index (χ2n) is 8.44. The van der Waals surface area contributed by atoms with Crippen molar-refractivity contribution in [2.24, 2.45) is 5.92 Å². The summed E-state index contributed by atoms with van der Waals surface area (Å²) in [5, 5.41) is 2.85. The summed E-state index contributed by atoms with van der Waals surface area (Å²) < 4.78 is 59.8. The van der Waals surface area contributed by atoms with Crippen molar-refractivity contribution in [1.29, 1.82) is 0 Å². The van der Waals surface area contributed by atoms with Gasteiger partial charge in [0.25, 0.3) is 0 Å². The number of alkyl halides is 3. The second-order valence-corrected chi connectivity index (χ2v) is 8.44. The van der Waals surface area contributed by atoms with E-state index in [9.17, 15) is 18.0 Å². The van der Waals surface area contributed by atoms with Crippen LogP contribution in [0.4, 0.5) is 23.2 Å². The third-order valence-corrected chi connectivity index (χ3v) is 5.72. The van der Waals surface area contributed by atoms with Crippen LogP contribution in [0.1, 0.15) is 29.8 Å². The van der Waals surface area contributed by atoms with Gasteiger partial charge in [-0.2, -0.15) is 13.2 Å². The number of carbonyl (C=O) groups is 1. The van der Waals surface area contributed by atoms with Crippen LogP contribution in [0.3, 0.4) is 0 Å². The van der Waals surface area contributed by atoms with Crippen molar-refractivity contribution in [3.05, 3.63) is 47.0 Å². The molecule has 2 aliphatic rings. The number of nitrogens with zero attached hydrogens (tertiary/aromatic N) is 2. The second kappa shape index (κ2) is 8.69. The lowest BCUT2D eigenvalue weighted by Crippen LogP contribution is -2.49. The molecule has 2 heterocycles. The topological polar surface area (TPSA) is 54.5 Å². The van der Waals surface area contributed by atoms with Crippen molar-refractivity contribution >= 4 is 11.6 Å². The van der Waals surface area contributed by atoms with E-state index < -0.39 is 24.6 Å². The molecule has 0 spiro atoms. The molecular weight excluding hydrogens is 426 g/mol. The molecule has 4 rings (SSSR count).